The molecule has 0 spiro atoms. The van der Waals surface area contributed by atoms with Crippen molar-refractivity contribution in [2.45, 2.75) is 26.3 Å². The lowest BCUT2D eigenvalue weighted by molar-refractivity contribution is -0.140. The lowest BCUT2D eigenvalue weighted by atomic mass is 9.95. The van der Waals surface area contributed by atoms with Crippen LogP contribution < -0.4 is 4.74 Å². The van der Waals surface area contributed by atoms with E-state index < -0.39 is 17.7 Å². The molecule has 1 amide bonds. The summed E-state index contributed by atoms with van der Waals surface area (Å²) in [6, 6.07) is 15.6. The van der Waals surface area contributed by atoms with Gasteiger partial charge in [-0.1, -0.05) is 44.2 Å². The molecular formula is C25H30N2O4. The highest BCUT2D eigenvalue weighted by molar-refractivity contribution is 6.46. The highest BCUT2D eigenvalue weighted by Crippen LogP contribution is 2.39. The fourth-order valence-corrected chi connectivity index (χ4v) is 4.00. The number of Topliss-reactive ketones (excluding diaryl/α,β-unsaturated/α-hetero) is 1. The van der Waals surface area contributed by atoms with E-state index in [1.54, 1.807) is 36.3 Å². The summed E-state index contributed by atoms with van der Waals surface area (Å²) in [5, 5.41) is 11.0. The molecule has 1 aliphatic rings. The van der Waals surface area contributed by atoms with Crippen molar-refractivity contribution < 1.29 is 19.4 Å². The van der Waals surface area contributed by atoms with E-state index in [0.29, 0.717) is 17.9 Å². The summed E-state index contributed by atoms with van der Waals surface area (Å²) in [6.07, 6.45) is 0.751. The minimum atomic E-state index is -0.648. The zero-order valence-electron chi connectivity index (χ0n) is 18.4. The molecule has 6 nitrogen and oxygen atoms in total. The predicted octanol–water partition coefficient (Wildman–Crippen LogP) is 3.85. The van der Waals surface area contributed by atoms with Gasteiger partial charge in [-0.25, -0.2) is 0 Å². The van der Waals surface area contributed by atoms with Crippen molar-refractivity contribution >= 4 is 17.4 Å². The number of hydrogen-bond acceptors (Lipinski definition) is 5. The minimum Gasteiger partial charge on any atom is -0.507 e. The zero-order valence-corrected chi connectivity index (χ0v) is 18.4. The summed E-state index contributed by atoms with van der Waals surface area (Å²) in [4.78, 5) is 29.8. The molecule has 1 saturated heterocycles. The molecule has 1 aliphatic heterocycles. The molecule has 0 radical (unpaired) electrons. The second kappa shape index (κ2) is 10.3. The number of carbonyl (C=O) groups is 2. The molecule has 0 aliphatic carbocycles. The molecule has 0 bridgehead atoms. The number of aliphatic hydroxyl groups is 1. The van der Waals surface area contributed by atoms with Gasteiger partial charge in [0.05, 0.1) is 18.7 Å². The van der Waals surface area contributed by atoms with Gasteiger partial charge in [0.2, 0.25) is 0 Å². The topological polar surface area (TPSA) is 70.1 Å². The number of rotatable bonds is 9. The van der Waals surface area contributed by atoms with Crippen LogP contribution in [0.2, 0.25) is 0 Å². The van der Waals surface area contributed by atoms with Crippen molar-refractivity contribution in [3.63, 3.8) is 0 Å². The number of benzene rings is 2. The van der Waals surface area contributed by atoms with E-state index in [4.69, 9.17) is 4.74 Å². The van der Waals surface area contributed by atoms with E-state index in [-0.39, 0.29) is 11.3 Å². The Morgan fingerprint density at radius 3 is 2.26 bits per heavy atom. The highest BCUT2D eigenvalue weighted by Gasteiger charge is 2.45. The van der Waals surface area contributed by atoms with Gasteiger partial charge in [0.25, 0.3) is 11.7 Å². The first-order valence-electron chi connectivity index (χ1n) is 10.7. The van der Waals surface area contributed by atoms with E-state index >= 15 is 0 Å². The zero-order chi connectivity index (χ0) is 22.4. The average Bonchev–Trinajstić information content (AvgIpc) is 3.07. The standard InChI is InChI=1S/C25H30N2O4/c1-4-26(5-2)16-9-17-27-22(18-10-7-6-8-11-18)21(24(29)25(27)30)23(28)19-12-14-20(31-3)15-13-19/h6-8,10-15,22,28H,4-5,9,16-17H2,1-3H3/t22-/m0/s1. The van der Waals surface area contributed by atoms with Gasteiger partial charge in [-0.3, -0.25) is 9.59 Å². The van der Waals surface area contributed by atoms with Crippen LogP contribution in [0.1, 0.15) is 37.4 Å². The first kappa shape index (κ1) is 22.6. The van der Waals surface area contributed by atoms with Crippen molar-refractivity contribution in [2.24, 2.45) is 0 Å². The second-order valence-electron chi connectivity index (χ2n) is 7.51. The molecule has 1 N–H and O–H groups in total. The summed E-state index contributed by atoms with van der Waals surface area (Å²) in [5.41, 5.74) is 1.41. The summed E-state index contributed by atoms with van der Waals surface area (Å²) in [5.74, 6) is -0.734. The quantitative estimate of drug-likeness (QED) is 0.378. The lowest BCUT2D eigenvalue weighted by Crippen LogP contribution is -2.33. The van der Waals surface area contributed by atoms with Gasteiger partial charge in [-0.05, 0) is 55.9 Å². The van der Waals surface area contributed by atoms with Crippen LogP contribution in [0, 0.1) is 0 Å². The summed E-state index contributed by atoms with van der Waals surface area (Å²) < 4.78 is 5.17. The molecule has 2 aromatic rings. The Morgan fingerprint density at radius 1 is 1.03 bits per heavy atom. The molecule has 1 fully saturated rings. The number of aliphatic hydroxyl groups excluding tert-OH is 1. The maximum absolute atomic E-state index is 13.0. The van der Waals surface area contributed by atoms with E-state index in [0.717, 1.165) is 31.6 Å². The molecule has 1 heterocycles. The van der Waals surface area contributed by atoms with Crippen LogP contribution in [0.5, 0.6) is 5.75 Å². The highest BCUT2D eigenvalue weighted by atomic mass is 16.5. The minimum absolute atomic E-state index is 0.129. The van der Waals surface area contributed by atoms with Crippen molar-refractivity contribution in [2.75, 3.05) is 33.3 Å². The largest absolute Gasteiger partial charge is 0.507 e. The molecule has 0 saturated carbocycles. The number of ether oxygens (including phenoxy) is 1. The summed E-state index contributed by atoms with van der Waals surface area (Å²) in [6.45, 7) is 7.38. The Morgan fingerprint density at radius 2 is 1.68 bits per heavy atom. The van der Waals surface area contributed by atoms with Crippen molar-refractivity contribution in [3.05, 3.63) is 71.3 Å². The number of nitrogens with zero attached hydrogens (tertiary/aromatic N) is 2. The van der Waals surface area contributed by atoms with E-state index in [1.807, 2.05) is 30.3 Å². The van der Waals surface area contributed by atoms with Gasteiger partial charge in [-0.15, -0.1) is 0 Å². The van der Waals surface area contributed by atoms with Crippen LogP contribution in [0.3, 0.4) is 0 Å². The Hall–Kier alpha value is -3.12. The van der Waals surface area contributed by atoms with Gasteiger partial charge in [0, 0.05) is 12.1 Å². The van der Waals surface area contributed by atoms with Crippen LogP contribution in [-0.2, 0) is 9.59 Å². The maximum Gasteiger partial charge on any atom is 0.295 e. The smallest absolute Gasteiger partial charge is 0.295 e. The van der Waals surface area contributed by atoms with Gasteiger partial charge in [-0.2, -0.15) is 0 Å². The van der Waals surface area contributed by atoms with Gasteiger partial charge in [0.15, 0.2) is 0 Å². The monoisotopic (exact) mass is 422 g/mol. The Balaban J connectivity index is 1.98. The summed E-state index contributed by atoms with van der Waals surface area (Å²) >= 11 is 0. The van der Waals surface area contributed by atoms with Crippen LogP contribution in [-0.4, -0.2) is 59.9 Å². The van der Waals surface area contributed by atoms with Crippen molar-refractivity contribution in [3.8, 4) is 5.75 Å². The van der Waals surface area contributed by atoms with Crippen molar-refractivity contribution in [1.29, 1.82) is 0 Å². The van der Waals surface area contributed by atoms with E-state index in [1.165, 1.54) is 0 Å². The van der Waals surface area contributed by atoms with Gasteiger partial charge < -0.3 is 19.6 Å². The Kier molecular flexibility index (Phi) is 7.47. The molecule has 6 heteroatoms. The fourth-order valence-electron chi connectivity index (χ4n) is 4.00. The SMILES string of the molecule is CCN(CC)CCCN1C(=O)C(=O)C(=C(O)c2ccc(OC)cc2)[C@@H]1c1ccccc1. The number of methoxy groups -OCH3 is 1. The summed E-state index contributed by atoms with van der Waals surface area (Å²) in [7, 11) is 1.56. The van der Waals surface area contributed by atoms with Crippen LogP contribution in [0.4, 0.5) is 0 Å². The van der Waals surface area contributed by atoms with Crippen LogP contribution in [0.25, 0.3) is 5.76 Å². The maximum atomic E-state index is 13.0. The molecule has 0 aromatic heterocycles. The van der Waals surface area contributed by atoms with Gasteiger partial charge in [0.1, 0.15) is 11.5 Å². The lowest BCUT2D eigenvalue weighted by Gasteiger charge is -2.26. The van der Waals surface area contributed by atoms with Gasteiger partial charge >= 0.3 is 0 Å². The molecule has 0 unspecified atom stereocenters. The molecular weight excluding hydrogens is 392 g/mol. The first-order chi connectivity index (χ1) is 15.0. The Bertz CT molecular complexity index is 934. The first-order valence-corrected chi connectivity index (χ1v) is 10.7. The molecule has 31 heavy (non-hydrogen) atoms. The van der Waals surface area contributed by atoms with Crippen LogP contribution in [0.15, 0.2) is 60.2 Å². The molecule has 3 rings (SSSR count). The second-order valence-corrected chi connectivity index (χ2v) is 7.51. The normalized spacial score (nSPS) is 18.1. The number of ketones is 1. The van der Waals surface area contributed by atoms with E-state index in [9.17, 15) is 14.7 Å². The number of hydrogen-bond donors (Lipinski definition) is 1. The number of amides is 1. The number of likely N-dealkylation sites (tertiary alicyclic amines) is 1. The number of carbonyl (C=O) groups excluding carboxylic acids is 2. The van der Waals surface area contributed by atoms with Crippen LogP contribution >= 0.6 is 0 Å². The molecule has 2 aromatic carbocycles. The van der Waals surface area contributed by atoms with E-state index in [2.05, 4.69) is 18.7 Å². The van der Waals surface area contributed by atoms with Crippen molar-refractivity contribution in [1.82, 2.24) is 9.80 Å². The Labute approximate surface area is 183 Å². The fraction of sp³-hybridized carbons (Fsp3) is 0.360. The predicted molar refractivity (Wildman–Crippen MR) is 121 cm³/mol. The third-order valence-electron chi connectivity index (χ3n) is 5.79. The molecule has 164 valence electrons. The average molecular weight is 423 g/mol. The molecule has 1 atom stereocenters. The third kappa shape index (κ3) is 4.80. The third-order valence-corrected chi connectivity index (χ3v) is 5.79.